The molecule has 0 fully saturated rings. The Labute approximate surface area is 134 Å². The van der Waals surface area contributed by atoms with E-state index >= 15 is 0 Å². The number of nitrogens with zero attached hydrogens (tertiary/aromatic N) is 2. The monoisotopic (exact) mass is 363 g/mol. The first kappa shape index (κ1) is 14.2. The summed E-state index contributed by atoms with van der Waals surface area (Å²) < 4.78 is 1.06. The van der Waals surface area contributed by atoms with Crippen molar-refractivity contribution in [2.75, 3.05) is 10.7 Å². The molecular formula is C14H14BrN5S. The number of thiophene rings is 1. The quantitative estimate of drug-likeness (QED) is 0.487. The van der Waals surface area contributed by atoms with E-state index in [-0.39, 0.29) is 0 Å². The summed E-state index contributed by atoms with van der Waals surface area (Å²) in [5.41, 5.74) is 3.68. The maximum Gasteiger partial charge on any atom is 0.240 e. The Bertz CT molecular complexity index is 786. The predicted octanol–water partition coefficient (Wildman–Crippen LogP) is 3.66. The molecule has 0 bridgehead atoms. The Hall–Kier alpha value is -1.70. The van der Waals surface area contributed by atoms with Crippen LogP contribution in [0, 0.1) is 6.92 Å². The number of hydrogen-bond acceptors (Lipinski definition) is 6. The number of nitrogens with one attached hydrogen (secondary N) is 2. The average Bonchev–Trinajstić information content (AvgIpc) is 2.85. The second-order valence-corrected chi connectivity index (χ2v) is 6.75. The van der Waals surface area contributed by atoms with E-state index in [9.17, 15) is 0 Å². The zero-order valence-corrected chi connectivity index (χ0v) is 13.8. The molecule has 0 saturated heterocycles. The lowest BCUT2D eigenvalue weighted by Crippen LogP contribution is -2.12. The highest BCUT2D eigenvalue weighted by molar-refractivity contribution is 9.10. The second-order valence-electron chi connectivity index (χ2n) is 4.60. The Balaban J connectivity index is 1.92. The standard InChI is InChI=1S/C14H14BrN5S/c1-8-5-11-12(18-14(20-16)19-13(11)21-8)17-7-9-3-2-4-10(15)6-9/h2-6H,7,16H2,1H3,(H2,17,18,19,20). The zero-order chi connectivity index (χ0) is 14.8. The molecule has 0 atom stereocenters. The molecule has 2 heterocycles. The largest absolute Gasteiger partial charge is 0.365 e. The van der Waals surface area contributed by atoms with E-state index in [1.54, 1.807) is 11.3 Å². The molecule has 1 aromatic carbocycles. The number of hydrogen-bond donors (Lipinski definition) is 3. The first-order valence-electron chi connectivity index (χ1n) is 6.39. The summed E-state index contributed by atoms with van der Waals surface area (Å²) in [4.78, 5) is 10.9. The van der Waals surface area contributed by atoms with Gasteiger partial charge in [-0.1, -0.05) is 28.1 Å². The smallest absolute Gasteiger partial charge is 0.240 e. The van der Waals surface area contributed by atoms with E-state index in [1.807, 2.05) is 12.1 Å². The van der Waals surface area contributed by atoms with Crippen LogP contribution in [0.5, 0.6) is 0 Å². The third-order valence-electron chi connectivity index (χ3n) is 2.99. The van der Waals surface area contributed by atoms with Crippen molar-refractivity contribution in [3.63, 3.8) is 0 Å². The first-order valence-corrected chi connectivity index (χ1v) is 8.00. The van der Waals surface area contributed by atoms with E-state index in [4.69, 9.17) is 5.84 Å². The van der Waals surface area contributed by atoms with Crippen LogP contribution >= 0.6 is 27.3 Å². The van der Waals surface area contributed by atoms with Crippen LogP contribution in [0.15, 0.2) is 34.8 Å². The fourth-order valence-corrected chi connectivity index (χ4v) is 3.40. The molecule has 0 aliphatic rings. The topological polar surface area (TPSA) is 75.9 Å². The molecule has 0 unspecified atom stereocenters. The van der Waals surface area contributed by atoms with Gasteiger partial charge in [0.05, 0.1) is 5.39 Å². The van der Waals surface area contributed by atoms with Gasteiger partial charge >= 0.3 is 0 Å². The number of anilines is 2. The van der Waals surface area contributed by atoms with Crippen molar-refractivity contribution in [3.05, 3.63) is 45.2 Å². The SMILES string of the molecule is Cc1cc2c(NCc3cccc(Br)c3)nc(NN)nc2s1. The van der Waals surface area contributed by atoms with Crippen LogP contribution < -0.4 is 16.6 Å². The van der Waals surface area contributed by atoms with Gasteiger partial charge in [-0.15, -0.1) is 11.3 Å². The molecular weight excluding hydrogens is 350 g/mol. The highest BCUT2D eigenvalue weighted by Crippen LogP contribution is 2.29. The molecule has 3 aromatic rings. The maximum atomic E-state index is 5.44. The average molecular weight is 364 g/mol. The van der Waals surface area contributed by atoms with Crippen LogP contribution in [0.3, 0.4) is 0 Å². The number of halogens is 1. The van der Waals surface area contributed by atoms with Crippen LogP contribution in [0.2, 0.25) is 0 Å². The summed E-state index contributed by atoms with van der Waals surface area (Å²) >= 11 is 5.10. The van der Waals surface area contributed by atoms with Crippen LogP contribution in [-0.4, -0.2) is 9.97 Å². The Kier molecular flexibility index (Phi) is 4.05. The fraction of sp³-hybridized carbons (Fsp3) is 0.143. The zero-order valence-electron chi connectivity index (χ0n) is 11.4. The van der Waals surface area contributed by atoms with Crippen LogP contribution in [0.25, 0.3) is 10.2 Å². The normalized spacial score (nSPS) is 10.8. The number of nitrogen functional groups attached to an aromatic ring is 1. The second kappa shape index (κ2) is 5.97. The van der Waals surface area contributed by atoms with Gasteiger partial charge in [0, 0.05) is 15.9 Å². The summed E-state index contributed by atoms with van der Waals surface area (Å²) in [6, 6.07) is 10.2. The molecule has 0 aliphatic heterocycles. The van der Waals surface area contributed by atoms with Gasteiger partial charge in [-0.05, 0) is 30.7 Å². The minimum absolute atomic E-state index is 0.418. The predicted molar refractivity (Wildman–Crippen MR) is 91.4 cm³/mol. The summed E-state index contributed by atoms with van der Waals surface area (Å²) in [6.07, 6.45) is 0. The van der Waals surface area contributed by atoms with Gasteiger partial charge in [0.15, 0.2) is 0 Å². The number of aryl methyl sites for hydroxylation is 1. The molecule has 108 valence electrons. The Morgan fingerprint density at radius 1 is 1.29 bits per heavy atom. The number of nitrogens with two attached hydrogens (primary N) is 1. The molecule has 0 radical (unpaired) electrons. The van der Waals surface area contributed by atoms with E-state index in [0.29, 0.717) is 12.5 Å². The summed E-state index contributed by atoms with van der Waals surface area (Å²) in [5.74, 6) is 6.65. The van der Waals surface area contributed by atoms with Crippen molar-refractivity contribution < 1.29 is 0 Å². The minimum Gasteiger partial charge on any atom is -0.365 e. The van der Waals surface area contributed by atoms with Crippen LogP contribution in [0.4, 0.5) is 11.8 Å². The van der Waals surface area contributed by atoms with Crippen molar-refractivity contribution in [2.24, 2.45) is 5.84 Å². The molecule has 3 rings (SSSR count). The van der Waals surface area contributed by atoms with Crippen molar-refractivity contribution in [3.8, 4) is 0 Å². The Morgan fingerprint density at radius 2 is 2.14 bits per heavy atom. The lowest BCUT2D eigenvalue weighted by atomic mass is 10.2. The van der Waals surface area contributed by atoms with Crippen LogP contribution in [0.1, 0.15) is 10.4 Å². The summed E-state index contributed by atoms with van der Waals surface area (Å²) in [6.45, 7) is 2.74. The number of hydrazine groups is 1. The van der Waals surface area contributed by atoms with E-state index < -0.39 is 0 Å². The Morgan fingerprint density at radius 3 is 2.90 bits per heavy atom. The fourth-order valence-electron chi connectivity index (χ4n) is 2.07. The molecule has 0 amide bonds. The molecule has 4 N–H and O–H groups in total. The maximum absolute atomic E-state index is 5.44. The number of aromatic nitrogens is 2. The third-order valence-corrected chi connectivity index (χ3v) is 4.43. The van der Waals surface area contributed by atoms with Gasteiger partial charge in [0.25, 0.3) is 0 Å². The summed E-state index contributed by atoms with van der Waals surface area (Å²) in [7, 11) is 0. The van der Waals surface area contributed by atoms with E-state index in [1.165, 1.54) is 10.4 Å². The van der Waals surface area contributed by atoms with Crippen molar-refractivity contribution in [1.82, 2.24) is 9.97 Å². The van der Waals surface area contributed by atoms with Gasteiger partial charge in [0.1, 0.15) is 10.6 Å². The van der Waals surface area contributed by atoms with Gasteiger partial charge in [-0.2, -0.15) is 4.98 Å². The van der Waals surface area contributed by atoms with E-state index in [2.05, 4.69) is 61.8 Å². The molecule has 0 aliphatic carbocycles. The molecule has 0 saturated carbocycles. The van der Waals surface area contributed by atoms with Crippen molar-refractivity contribution in [2.45, 2.75) is 13.5 Å². The molecule has 7 heteroatoms. The van der Waals surface area contributed by atoms with Gasteiger partial charge in [-0.25, -0.2) is 10.8 Å². The molecule has 5 nitrogen and oxygen atoms in total. The van der Waals surface area contributed by atoms with Gasteiger partial charge in [0.2, 0.25) is 5.95 Å². The minimum atomic E-state index is 0.418. The number of fused-ring (bicyclic) bond motifs is 1. The van der Waals surface area contributed by atoms with Gasteiger partial charge < -0.3 is 5.32 Å². The lowest BCUT2D eigenvalue weighted by molar-refractivity contribution is 1.09. The third kappa shape index (κ3) is 3.15. The van der Waals surface area contributed by atoms with Crippen molar-refractivity contribution >= 4 is 49.2 Å². The molecule has 0 spiro atoms. The number of rotatable bonds is 4. The highest BCUT2D eigenvalue weighted by atomic mass is 79.9. The van der Waals surface area contributed by atoms with E-state index in [0.717, 1.165) is 20.5 Å². The first-order chi connectivity index (χ1) is 10.2. The van der Waals surface area contributed by atoms with Gasteiger partial charge in [-0.3, -0.25) is 5.43 Å². The summed E-state index contributed by atoms with van der Waals surface area (Å²) in [5, 5.41) is 4.38. The number of benzene rings is 1. The highest BCUT2D eigenvalue weighted by Gasteiger charge is 2.10. The molecule has 21 heavy (non-hydrogen) atoms. The van der Waals surface area contributed by atoms with Crippen LogP contribution in [-0.2, 0) is 6.54 Å². The molecule has 2 aromatic heterocycles. The lowest BCUT2D eigenvalue weighted by Gasteiger charge is -2.09. The van der Waals surface area contributed by atoms with Crippen molar-refractivity contribution in [1.29, 1.82) is 0 Å².